The van der Waals surface area contributed by atoms with E-state index in [-0.39, 0.29) is 0 Å². The van der Waals surface area contributed by atoms with E-state index < -0.39 is 11.7 Å². The van der Waals surface area contributed by atoms with Gasteiger partial charge in [-0.05, 0) is 12.1 Å². The first-order valence-electron chi connectivity index (χ1n) is 4.18. The Kier molecular flexibility index (Phi) is 2.14. The second kappa shape index (κ2) is 3.46. The minimum atomic E-state index is -0.841. The number of pyridine rings is 1. The van der Waals surface area contributed by atoms with E-state index >= 15 is 0 Å². The predicted octanol–water partition coefficient (Wildman–Crippen LogP) is 2.59. The molecule has 1 aromatic heterocycles. The maximum Gasteiger partial charge on any atom is 0.255 e. The maximum atomic E-state index is 12.9. The van der Waals surface area contributed by atoms with Gasteiger partial charge in [-0.25, -0.2) is 4.98 Å². The molecule has 0 saturated heterocycles. The summed E-state index contributed by atoms with van der Waals surface area (Å²) < 4.78 is 12.9. The lowest BCUT2D eigenvalue weighted by atomic mass is 10.1. The summed E-state index contributed by atoms with van der Waals surface area (Å²) in [5, 5.41) is 8.95. The molecule has 0 bridgehead atoms. The smallest absolute Gasteiger partial charge is 0.255 e. The van der Waals surface area contributed by atoms with Crippen molar-refractivity contribution < 1.29 is 9.50 Å². The molecule has 0 fully saturated rings. The summed E-state index contributed by atoms with van der Waals surface area (Å²) in [6, 6.07) is 12.1. The predicted molar refractivity (Wildman–Crippen MR) is 51.3 cm³/mol. The molecule has 0 spiro atoms. The summed E-state index contributed by atoms with van der Waals surface area (Å²) >= 11 is 0. The Morgan fingerprint density at radius 2 is 1.71 bits per heavy atom. The normalized spacial score (nSPS) is 10.1. The summed E-state index contributed by atoms with van der Waals surface area (Å²) in [7, 11) is 0. The molecular formula is C11H8FNO. The standard InChI is InChI=1S/C11H8FNO/c12-11-10(14)7-6-9(13-11)8-4-2-1-3-5-8/h1-7,14H. The van der Waals surface area contributed by atoms with Gasteiger partial charge >= 0.3 is 0 Å². The van der Waals surface area contributed by atoms with Gasteiger partial charge in [-0.15, -0.1) is 0 Å². The van der Waals surface area contributed by atoms with E-state index in [0.717, 1.165) is 5.56 Å². The van der Waals surface area contributed by atoms with Crippen LogP contribution in [-0.2, 0) is 0 Å². The Bertz CT molecular complexity index is 442. The first-order valence-corrected chi connectivity index (χ1v) is 4.18. The largest absolute Gasteiger partial charge is 0.504 e. The molecule has 0 radical (unpaired) electrons. The van der Waals surface area contributed by atoms with Gasteiger partial charge < -0.3 is 5.11 Å². The van der Waals surface area contributed by atoms with Crippen LogP contribution in [0.25, 0.3) is 11.3 Å². The van der Waals surface area contributed by atoms with Crippen LogP contribution in [-0.4, -0.2) is 10.1 Å². The van der Waals surface area contributed by atoms with Gasteiger partial charge in [-0.1, -0.05) is 30.3 Å². The van der Waals surface area contributed by atoms with Crippen LogP contribution < -0.4 is 0 Å². The fraction of sp³-hybridized carbons (Fsp3) is 0. The zero-order chi connectivity index (χ0) is 9.97. The van der Waals surface area contributed by atoms with Gasteiger partial charge in [0.1, 0.15) is 0 Å². The maximum absolute atomic E-state index is 12.9. The second-order valence-electron chi connectivity index (χ2n) is 2.87. The van der Waals surface area contributed by atoms with Gasteiger partial charge in [-0.3, -0.25) is 0 Å². The zero-order valence-electron chi connectivity index (χ0n) is 7.31. The zero-order valence-corrected chi connectivity index (χ0v) is 7.31. The van der Waals surface area contributed by atoms with E-state index in [9.17, 15) is 4.39 Å². The fourth-order valence-corrected chi connectivity index (χ4v) is 1.20. The van der Waals surface area contributed by atoms with E-state index in [1.807, 2.05) is 30.3 Å². The van der Waals surface area contributed by atoms with Crippen molar-refractivity contribution in [3.05, 3.63) is 48.4 Å². The summed E-state index contributed by atoms with van der Waals surface area (Å²) in [6.07, 6.45) is 0. The molecule has 2 nitrogen and oxygen atoms in total. The van der Waals surface area contributed by atoms with E-state index in [1.165, 1.54) is 6.07 Å². The topological polar surface area (TPSA) is 33.1 Å². The highest BCUT2D eigenvalue weighted by molar-refractivity contribution is 5.59. The molecule has 0 aliphatic rings. The third kappa shape index (κ3) is 1.57. The van der Waals surface area contributed by atoms with Gasteiger partial charge in [0, 0.05) is 5.56 Å². The summed E-state index contributed by atoms with van der Waals surface area (Å²) in [6.45, 7) is 0. The Morgan fingerprint density at radius 3 is 2.36 bits per heavy atom. The van der Waals surface area contributed by atoms with Crippen LogP contribution in [0.3, 0.4) is 0 Å². The molecule has 0 atom stereocenters. The summed E-state index contributed by atoms with van der Waals surface area (Å²) in [4.78, 5) is 3.63. The highest BCUT2D eigenvalue weighted by Crippen LogP contribution is 2.20. The van der Waals surface area contributed by atoms with Gasteiger partial charge in [0.15, 0.2) is 5.75 Å². The highest BCUT2D eigenvalue weighted by Gasteiger charge is 2.04. The monoisotopic (exact) mass is 189 g/mol. The molecule has 1 heterocycles. The van der Waals surface area contributed by atoms with E-state index in [2.05, 4.69) is 4.98 Å². The van der Waals surface area contributed by atoms with E-state index in [0.29, 0.717) is 5.69 Å². The molecule has 2 rings (SSSR count). The van der Waals surface area contributed by atoms with Gasteiger partial charge in [0.25, 0.3) is 5.95 Å². The van der Waals surface area contributed by atoms with Crippen molar-refractivity contribution in [3.8, 4) is 17.0 Å². The van der Waals surface area contributed by atoms with E-state index in [1.54, 1.807) is 6.07 Å². The first-order chi connectivity index (χ1) is 6.77. The molecule has 0 saturated carbocycles. The highest BCUT2D eigenvalue weighted by atomic mass is 19.1. The van der Waals surface area contributed by atoms with Crippen molar-refractivity contribution in [1.82, 2.24) is 4.98 Å². The quantitative estimate of drug-likeness (QED) is 0.699. The number of halogens is 1. The number of nitrogens with zero attached hydrogens (tertiary/aromatic N) is 1. The Hall–Kier alpha value is -1.90. The van der Waals surface area contributed by atoms with Crippen molar-refractivity contribution in [2.45, 2.75) is 0 Å². The molecule has 0 aliphatic heterocycles. The number of hydrogen-bond donors (Lipinski definition) is 1. The minimum absolute atomic E-state index is 0.426. The molecular weight excluding hydrogens is 181 g/mol. The number of benzene rings is 1. The van der Waals surface area contributed by atoms with Crippen LogP contribution in [0.15, 0.2) is 42.5 Å². The van der Waals surface area contributed by atoms with Crippen molar-refractivity contribution in [2.75, 3.05) is 0 Å². The van der Waals surface area contributed by atoms with Crippen LogP contribution >= 0.6 is 0 Å². The lowest BCUT2D eigenvalue weighted by Gasteiger charge is -2.00. The third-order valence-electron chi connectivity index (χ3n) is 1.90. The van der Waals surface area contributed by atoms with Crippen molar-refractivity contribution >= 4 is 0 Å². The van der Waals surface area contributed by atoms with Crippen molar-refractivity contribution in [3.63, 3.8) is 0 Å². The van der Waals surface area contributed by atoms with Crippen LogP contribution in [0, 0.1) is 5.95 Å². The average molecular weight is 189 g/mol. The van der Waals surface area contributed by atoms with Gasteiger partial charge in [-0.2, -0.15) is 4.39 Å². The van der Waals surface area contributed by atoms with Crippen LogP contribution in [0.1, 0.15) is 0 Å². The molecule has 14 heavy (non-hydrogen) atoms. The number of aromatic nitrogens is 1. The molecule has 0 aliphatic carbocycles. The number of rotatable bonds is 1. The number of aromatic hydroxyl groups is 1. The lowest BCUT2D eigenvalue weighted by molar-refractivity contribution is 0.419. The number of hydrogen-bond acceptors (Lipinski definition) is 2. The molecule has 3 heteroatoms. The molecule has 0 amide bonds. The van der Waals surface area contributed by atoms with Crippen LogP contribution in [0.4, 0.5) is 4.39 Å². The van der Waals surface area contributed by atoms with E-state index in [4.69, 9.17) is 5.11 Å². The molecule has 1 N–H and O–H groups in total. The Morgan fingerprint density at radius 1 is 1.00 bits per heavy atom. The van der Waals surface area contributed by atoms with Crippen molar-refractivity contribution in [1.29, 1.82) is 0 Å². The van der Waals surface area contributed by atoms with Crippen molar-refractivity contribution in [2.24, 2.45) is 0 Å². The van der Waals surface area contributed by atoms with Crippen LogP contribution in [0.2, 0.25) is 0 Å². The first kappa shape index (κ1) is 8.69. The molecule has 2 aromatic rings. The summed E-state index contributed by atoms with van der Waals surface area (Å²) in [5.41, 5.74) is 1.34. The molecule has 1 aromatic carbocycles. The molecule has 70 valence electrons. The average Bonchev–Trinajstić information content (AvgIpc) is 2.23. The molecule has 0 unspecified atom stereocenters. The van der Waals surface area contributed by atoms with Crippen LogP contribution in [0.5, 0.6) is 5.75 Å². The lowest BCUT2D eigenvalue weighted by Crippen LogP contribution is -1.87. The Labute approximate surface area is 80.7 Å². The van der Waals surface area contributed by atoms with Gasteiger partial charge in [0.05, 0.1) is 5.69 Å². The SMILES string of the molecule is Oc1ccc(-c2ccccc2)nc1F. The second-order valence-corrected chi connectivity index (χ2v) is 2.87. The third-order valence-corrected chi connectivity index (χ3v) is 1.90. The van der Waals surface area contributed by atoms with Gasteiger partial charge in [0.2, 0.25) is 0 Å². The summed E-state index contributed by atoms with van der Waals surface area (Å²) in [5.74, 6) is -1.27. The minimum Gasteiger partial charge on any atom is -0.504 e. The fourth-order valence-electron chi connectivity index (χ4n) is 1.20. The Balaban J connectivity index is 2.48.